The number of hydrogen-bond acceptors (Lipinski definition) is 0. The van der Waals surface area contributed by atoms with Crippen LogP contribution in [0.25, 0.3) is 6.08 Å². The van der Waals surface area contributed by atoms with Crippen LogP contribution in [0.3, 0.4) is 0 Å². The van der Waals surface area contributed by atoms with Gasteiger partial charge < -0.3 is 0 Å². The van der Waals surface area contributed by atoms with Crippen molar-refractivity contribution in [3.8, 4) is 0 Å². The third kappa shape index (κ3) is 2.40. The van der Waals surface area contributed by atoms with Crippen LogP contribution in [0.1, 0.15) is 34.5 Å². The molecule has 1 aliphatic rings. The molecule has 3 heteroatoms. The summed E-state index contributed by atoms with van der Waals surface area (Å²) in [6.45, 7) is 2.20. The fourth-order valence-corrected chi connectivity index (χ4v) is 7.67. The molecule has 1 unspecified atom stereocenters. The monoisotopic (exact) mass is 317 g/mol. The quantitative estimate of drug-likeness (QED) is 0.747. The maximum atomic E-state index is 6.26. The second kappa shape index (κ2) is 5.17. The van der Waals surface area contributed by atoms with Crippen molar-refractivity contribution in [1.29, 1.82) is 0 Å². The van der Waals surface area contributed by atoms with Gasteiger partial charge in [0, 0.05) is 0 Å². The van der Waals surface area contributed by atoms with Crippen LogP contribution in [-0.4, -0.2) is 0 Å². The Morgan fingerprint density at radius 1 is 1.27 bits per heavy atom. The van der Waals surface area contributed by atoms with E-state index in [0.717, 1.165) is 6.42 Å². The van der Waals surface area contributed by atoms with E-state index in [2.05, 4.69) is 37.3 Å². The van der Waals surface area contributed by atoms with Crippen LogP contribution in [0.5, 0.6) is 0 Å². The normalized spacial score (nSPS) is 18.6. The van der Waals surface area contributed by atoms with Crippen molar-refractivity contribution in [3.63, 3.8) is 0 Å². The standard InChI is InChI=1S/C12H13.2ClH.Zr/c1-2-5-10-8-11-6-3-4-7-12(11)9-10;;;/h3-4,6-9H,2,5H2,1H3;2*1H;/q;;;+2/p-2. The van der Waals surface area contributed by atoms with Crippen LogP contribution in [0, 0.1) is 0 Å². The Balaban J connectivity index is 2.38. The molecule has 0 saturated heterocycles. The zero-order valence-corrected chi connectivity index (χ0v) is 12.6. The minimum atomic E-state index is -2.23. The Morgan fingerprint density at radius 2 is 2.00 bits per heavy atom. The summed E-state index contributed by atoms with van der Waals surface area (Å²) in [5.41, 5.74) is 4.14. The molecule has 0 N–H and O–H groups in total. The van der Waals surface area contributed by atoms with Crippen molar-refractivity contribution in [2.75, 3.05) is 0 Å². The van der Waals surface area contributed by atoms with Gasteiger partial charge >= 0.3 is 107 Å². The minimum absolute atomic E-state index is 0.395. The molecule has 0 saturated carbocycles. The van der Waals surface area contributed by atoms with Crippen molar-refractivity contribution in [3.05, 3.63) is 41.0 Å². The van der Waals surface area contributed by atoms with Gasteiger partial charge in [-0.25, -0.2) is 0 Å². The molecule has 0 bridgehead atoms. The zero-order chi connectivity index (χ0) is 10.8. The average molecular weight is 319 g/mol. The molecule has 1 aliphatic carbocycles. The van der Waals surface area contributed by atoms with E-state index in [4.69, 9.17) is 17.0 Å². The molecule has 0 spiro atoms. The number of halogens is 2. The summed E-state index contributed by atoms with van der Waals surface area (Å²) < 4.78 is 0.395. The van der Waals surface area contributed by atoms with Gasteiger partial charge in [0.05, 0.1) is 0 Å². The maximum absolute atomic E-state index is 6.26. The van der Waals surface area contributed by atoms with Gasteiger partial charge in [0.2, 0.25) is 0 Å². The molecule has 15 heavy (non-hydrogen) atoms. The second-order valence-electron chi connectivity index (χ2n) is 3.82. The Kier molecular flexibility index (Phi) is 4.10. The molecule has 2 rings (SSSR count). The van der Waals surface area contributed by atoms with Crippen molar-refractivity contribution >= 4 is 23.1 Å². The summed E-state index contributed by atoms with van der Waals surface area (Å²) in [7, 11) is 12.5. The Morgan fingerprint density at radius 3 is 2.67 bits per heavy atom. The van der Waals surface area contributed by atoms with Crippen molar-refractivity contribution in [1.82, 2.24) is 0 Å². The molecule has 0 amide bonds. The molecule has 0 aliphatic heterocycles. The molecule has 1 atom stereocenters. The number of hydrogen-bond donors (Lipinski definition) is 0. The van der Waals surface area contributed by atoms with Crippen LogP contribution in [0.2, 0.25) is 0 Å². The molecular formula is C12H13Cl2Zr. The molecule has 0 radical (unpaired) electrons. The number of fused-ring (bicyclic) bond motifs is 1. The number of rotatable bonds is 3. The summed E-state index contributed by atoms with van der Waals surface area (Å²) >= 11 is -2.23. The summed E-state index contributed by atoms with van der Waals surface area (Å²) in [6.07, 6.45) is 4.58. The summed E-state index contributed by atoms with van der Waals surface area (Å²) in [5.74, 6) is 0. The van der Waals surface area contributed by atoms with E-state index >= 15 is 0 Å². The van der Waals surface area contributed by atoms with Crippen LogP contribution < -0.4 is 0 Å². The van der Waals surface area contributed by atoms with Crippen LogP contribution in [0.15, 0.2) is 29.8 Å². The summed E-state index contributed by atoms with van der Waals surface area (Å²) in [4.78, 5) is 0. The third-order valence-electron chi connectivity index (χ3n) is 2.78. The van der Waals surface area contributed by atoms with Gasteiger partial charge in [-0.2, -0.15) is 0 Å². The number of allylic oxidation sites excluding steroid dienone is 1. The first-order valence-electron chi connectivity index (χ1n) is 5.21. The predicted octanol–water partition coefficient (Wildman–Crippen LogP) is 4.85. The Labute approximate surface area is 106 Å². The molecule has 0 heterocycles. The van der Waals surface area contributed by atoms with E-state index in [1.807, 2.05) is 0 Å². The van der Waals surface area contributed by atoms with Crippen LogP contribution in [-0.2, 0) is 19.4 Å². The van der Waals surface area contributed by atoms with Gasteiger partial charge in [0.25, 0.3) is 0 Å². The molecule has 0 nitrogen and oxygen atoms in total. The van der Waals surface area contributed by atoms with E-state index in [-0.39, 0.29) is 0 Å². The van der Waals surface area contributed by atoms with Gasteiger partial charge in [0.15, 0.2) is 0 Å². The zero-order valence-electron chi connectivity index (χ0n) is 8.63. The van der Waals surface area contributed by atoms with Crippen LogP contribution in [0.4, 0.5) is 0 Å². The van der Waals surface area contributed by atoms with Gasteiger partial charge in [0.1, 0.15) is 0 Å². The van der Waals surface area contributed by atoms with E-state index in [1.54, 1.807) is 0 Å². The van der Waals surface area contributed by atoms with Gasteiger partial charge in [-0.15, -0.1) is 0 Å². The molecule has 0 aromatic heterocycles. The van der Waals surface area contributed by atoms with E-state index < -0.39 is 19.4 Å². The van der Waals surface area contributed by atoms with E-state index in [0.29, 0.717) is 3.63 Å². The summed E-state index contributed by atoms with van der Waals surface area (Å²) in [6, 6.07) is 8.48. The van der Waals surface area contributed by atoms with Crippen molar-refractivity contribution in [2.45, 2.75) is 23.4 Å². The second-order valence-corrected chi connectivity index (χ2v) is 12.6. The van der Waals surface area contributed by atoms with Gasteiger partial charge in [-0.1, -0.05) is 0 Å². The number of benzene rings is 1. The Bertz CT molecular complexity index is 385. The third-order valence-corrected chi connectivity index (χ3v) is 8.11. The molecular weight excluding hydrogens is 306 g/mol. The molecule has 1 aromatic rings. The van der Waals surface area contributed by atoms with Crippen molar-refractivity contribution < 1.29 is 19.4 Å². The predicted molar refractivity (Wildman–Crippen MR) is 63.8 cm³/mol. The van der Waals surface area contributed by atoms with Gasteiger partial charge in [-0.05, 0) is 0 Å². The first-order valence-corrected chi connectivity index (χ1v) is 13.0. The SMILES string of the molecule is CCCC1=Cc2ccccc2[CH]1[Zr]([Cl])[Cl]. The fourth-order valence-electron chi connectivity index (χ4n) is 2.15. The summed E-state index contributed by atoms with van der Waals surface area (Å²) in [5, 5.41) is 0. The Hall–Kier alpha value is 0.423. The first kappa shape index (κ1) is 11.9. The fraction of sp³-hybridized carbons (Fsp3) is 0.333. The topological polar surface area (TPSA) is 0 Å². The van der Waals surface area contributed by atoms with Crippen molar-refractivity contribution in [2.24, 2.45) is 0 Å². The molecule has 0 fully saturated rings. The first-order chi connectivity index (χ1) is 7.24. The average Bonchev–Trinajstić information content (AvgIpc) is 2.56. The van der Waals surface area contributed by atoms with Gasteiger partial charge in [-0.3, -0.25) is 0 Å². The molecule has 1 aromatic carbocycles. The molecule has 79 valence electrons. The van der Waals surface area contributed by atoms with Crippen LogP contribution >= 0.6 is 17.0 Å². The van der Waals surface area contributed by atoms with E-state index in [1.165, 1.54) is 23.1 Å². The van der Waals surface area contributed by atoms with E-state index in [9.17, 15) is 0 Å².